The number of hydrogen-bond acceptors (Lipinski definition) is 3. The standard InChI is InChI=1S/C16H26N2O/c1-17-10-5-8-16(17)9-11-18(12-13-19)14-15-6-3-2-4-7-15/h2-4,6-7,16,19H,5,8-14H2,1H3/t16-/m1/s1. The minimum Gasteiger partial charge on any atom is -0.395 e. The van der Waals surface area contributed by atoms with Gasteiger partial charge in [0.15, 0.2) is 0 Å². The largest absolute Gasteiger partial charge is 0.395 e. The Hall–Kier alpha value is -0.900. The first-order valence-corrected chi connectivity index (χ1v) is 7.37. The fourth-order valence-corrected chi connectivity index (χ4v) is 2.93. The van der Waals surface area contributed by atoms with Crippen molar-refractivity contribution in [2.45, 2.75) is 31.8 Å². The van der Waals surface area contributed by atoms with Crippen LogP contribution in [0.5, 0.6) is 0 Å². The first-order valence-electron chi connectivity index (χ1n) is 7.37. The predicted molar refractivity (Wildman–Crippen MR) is 79.1 cm³/mol. The Bertz CT molecular complexity index is 355. The summed E-state index contributed by atoms with van der Waals surface area (Å²) in [6, 6.07) is 11.3. The summed E-state index contributed by atoms with van der Waals surface area (Å²) < 4.78 is 0. The molecule has 1 aromatic carbocycles. The van der Waals surface area contributed by atoms with Crippen molar-refractivity contribution >= 4 is 0 Å². The Kier molecular flexibility index (Phi) is 5.83. The van der Waals surface area contributed by atoms with Gasteiger partial charge in [0.2, 0.25) is 0 Å². The number of rotatable bonds is 7. The van der Waals surface area contributed by atoms with Crippen LogP contribution in [0.3, 0.4) is 0 Å². The molecule has 106 valence electrons. The van der Waals surface area contributed by atoms with E-state index in [1.54, 1.807) is 0 Å². The number of aliphatic hydroxyl groups is 1. The third kappa shape index (κ3) is 4.60. The van der Waals surface area contributed by atoms with Crippen LogP contribution in [-0.4, -0.2) is 54.2 Å². The molecule has 1 aliphatic rings. The van der Waals surface area contributed by atoms with Crippen LogP contribution in [0.15, 0.2) is 30.3 Å². The van der Waals surface area contributed by atoms with Gasteiger partial charge >= 0.3 is 0 Å². The number of nitrogens with zero attached hydrogens (tertiary/aromatic N) is 2. The Morgan fingerprint density at radius 2 is 2.05 bits per heavy atom. The van der Waals surface area contributed by atoms with Crippen LogP contribution >= 0.6 is 0 Å². The Labute approximate surface area is 116 Å². The molecule has 3 heteroatoms. The molecule has 1 N–H and O–H groups in total. The number of likely N-dealkylation sites (tertiary alicyclic amines) is 1. The summed E-state index contributed by atoms with van der Waals surface area (Å²) in [7, 11) is 2.23. The minimum atomic E-state index is 0.243. The second kappa shape index (κ2) is 7.63. The number of aliphatic hydroxyl groups excluding tert-OH is 1. The van der Waals surface area contributed by atoms with Gasteiger partial charge in [-0.15, -0.1) is 0 Å². The molecule has 1 heterocycles. The lowest BCUT2D eigenvalue weighted by molar-refractivity contribution is 0.173. The van der Waals surface area contributed by atoms with Gasteiger partial charge in [0.25, 0.3) is 0 Å². The van der Waals surface area contributed by atoms with Crippen LogP contribution in [-0.2, 0) is 6.54 Å². The molecule has 0 saturated carbocycles. The molecule has 0 bridgehead atoms. The average molecular weight is 262 g/mol. The third-order valence-electron chi connectivity index (χ3n) is 4.12. The van der Waals surface area contributed by atoms with E-state index in [4.69, 9.17) is 0 Å². The molecule has 0 unspecified atom stereocenters. The maximum absolute atomic E-state index is 9.21. The molecule has 0 aromatic heterocycles. The van der Waals surface area contributed by atoms with Crippen LogP contribution in [0, 0.1) is 0 Å². The molecular weight excluding hydrogens is 236 g/mol. The lowest BCUT2D eigenvalue weighted by atomic mass is 10.1. The van der Waals surface area contributed by atoms with Crippen molar-refractivity contribution in [2.24, 2.45) is 0 Å². The molecule has 0 radical (unpaired) electrons. The van der Waals surface area contributed by atoms with Crippen molar-refractivity contribution in [3.8, 4) is 0 Å². The van der Waals surface area contributed by atoms with Crippen molar-refractivity contribution in [1.29, 1.82) is 0 Å². The molecule has 0 amide bonds. The smallest absolute Gasteiger partial charge is 0.0558 e. The van der Waals surface area contributed by atoms with Crippen LogP contribution in [0.4, 0.5) is 0 Å². The summed E-state index contributed by atoms with van der Waals surface area (Å²) in [5.74, 6) is 0. The van der Waals surface area contributed by atoms with E-state index >= 15 is 0 Å². The van der Waals surface area contributed by atoms with E-state index in [0.29, 0.717) is 0 Å². The summed E-state index contributed by atoms with van der Waals surface area (Å²) in [4.78, 5) is 4.83. The second-order valence-corrected chi connectivity index (χ2v) is 5.55. The van der Waals surface area contributed by atoms with E-state index in [0.717, 1.165) is 25.7 Å². The molecule has 0 spiro atoms. The van der Waals surface area contributed by atoms with Gasteiger partial charge in [0, 0.05) is 25.7 Å². The van der Waals surface area contributed by atoms with Gasteiger partial charge in [-0.1, -0.05) is 30.3 Å². The van der Waals surface area contributed by atoms with Crippen molar-refractivity contribution in [2.75, 3.05) is 33.3 Å². The van der Waals surface area contributed by atoms with E-state index < -0.39 is 0 Å². The van der Waals surface area contributed by atoms with E-state index in [-0.39, 0.29) is 6.61 Å². The highest BCUT2D eigenvalue weighted by Gasteiger charge is 2.21. The maximum atomic E-state index is 9.21. The fraction of sp³-hybridized carbons (Fsp3) is 0.625. The van der Waals surface area contributed by atoms with Gasteiger partial charge in [-0.2, -0.15) is 0 Å². The van der Waals surface area contributed by atoms with E-state index in [1.807, 2.05) is 6.07 Å². The Balaban J connectivity index is 1.82. The van der Waals surface area contributed by atoms with Crippen LogP contribution in [0.25, 0.3) is 0 Å². The molecule has 1 aromatic rings. The van der Waals surface area contributed by atoms with Crippen LogP contribution < -0.4 is 0 Å². The van der Waals surface area contributed by atoms with Gasteiger partial charge in [0.1, 0.15) is 0 Å². The summed E-state index contributed by atoms with van der Waals surface area (Å²) in [5, 5.41) is 9.21. The van der Waals surface area contributed by atoms with Crippen molar-refractivity contribution in [1.82, 2.24) is 9.80 Å². The van der Waals surface area contributed by atoms with Crippen LogP contribution in [0.2, 0.25) is 0 Å². The fourth-order valence-electron chi connectivity index (χ4n) is 2.93. The lowest BCUT2D eigenvalue weighted by Crippen LogP contribution is -2.33. The van der Waals surface area contributed by atoms with Gasteiger partial charge in [-0.25, -0.2) is 0 Å². The normalized spacial score (nSPS) is 20.3. The van der Waals surface area contributed by atoms with Gasteiger partial charge < -0.3 is 10.0 Å². The van der Waals surface area contributed by atoms with E-state index in [2.05, 4.69) is 41.1 Å². The molecule has 1 atom stereocenters. The molecular formula is C16H26N2O. The van der Waals surface area contributed by atoms with Crippen molar-refractivity contribution < 1.29 is 5.11 Å². The van der Waals surface area contributed by atoms with Crippen molar-refractivity contribution in [3.63, 3.8) is 0 Å². The highest BCUT2D eigenvalue weighted by atomic mass is 16.3. The summed E-state index contributed by atoms with van der Waals surface area (Å²) in [6.07, 6.45) is 3.87. The first kappa shape index (κ1) is 14.5. The van der Waals surface area contributed by atoms with Gasteiger partial charge in [0.05, 0.1) is 6.61 Å². The van der Waals surface area contributed by atoms with Gasteiger partial charge in [-0.3, -0.25) is 4.90 Å². The Morgan fingerprint density at radius 1 is 1.26 bits per heavy atom. The topological polar surface area (TPSA) is 26.7 Å². The van der Waals surface area contributed by atoms with Gasteiger partial charge in [-0.05, 0) is 38.4 Å². The monoisotopic (exact) mass is 262 g/mol. The molecule has 1 aliphatic heterocycles. The third-order valence-corrected chi connectivity index (χ3v) is 4.12. The van der Waals surface area contributed by atoms with E-state index in [1.165, 1.54) is 31.4 Å². The Morgan fingerprint density at radius 3 is 2.68 bits per heavy atom. The maximum Gasteiger partial charge on any atom is 0.0558 e. The molecule has 2 rings (SSSR count). The zero-order valence-corrected chi connectivity index (χ0v) is 12.0. The predicted octanol–water partition coefficient (Wildman–Crippen LogP) is 1.97. The summed E-state index contributed by atoms with van der Waals surface area (Å²) >= 11 is 0. The average Bonchev–Trinajstić information content (AvgIpc) is 2.83. The van der Waals surface area contributed by atoms with Crippen molar-refractivity contribution in [3.05, 3.63) is 35.9 Å². The number of benzene rings is 1. The molecule has 0 aliphatic carbocycles. The minimum absolute atomic E-state index is 0.243. The summed E-state index contributed by atoms with van der Waals surface area (Å²) in [6.45, 7) is 4.27. The highest BCUT2D eigenvalue weighted by molar-refractivity contribution is 5.14. The van der Waals surface area contributed by atoms with Crippen LogP contribution in [0.1, 0.15) is 24.8 Å². The lowest BCUT2D eigenvalue weighted by Gasteiger charge is -2.25. The molecule has 3 nitrogen and oxygen atoms in total. The number of hydrogen-bond donors (Lipinski definition) is 1. The molecule has 1 saturated heterocycles. The molecule has 19 heavy (non-hydrogen) atoms. The first-order chi connectivity index (χ1) is 9.29. The SMILES string of the molecule is CN1CCC[C@@H]1CCN(CCO)Cc1ccccc1. The highest BCUT2D eigenvalue weighted by Crippen LogP contribution is 2.18. The quantitative estimate of drug-likeness (QED) is 0.814. The zero-order valence-electron chi connectivity index (χ0n) is 12.0. The summed E-state index contributed by atoms with van der Waals surface area (Å²) in [5.41, 5.74) is 1.33. The zero-order chi connectivity index (χ0) is 13.5. The van der Waals surface area contributed by atoms with E-state index in [9.17, 15) is 5.11 Å². The molecule has 1 fully saturated rings. The second-order valence-electron chi connectivity index (χ2n) is 5.55.